The van der Waals surface area contributed by atoms with Crippen LogP contribution in [0.4, 0.5) is 0 Å². The number of rotatable bonds is 6. The van der Waals surface area contributed by atoms with Gasteiger partial charge in [-0.05, 0) is 89.9 Å². The predicted molar refractivity (Wildman–Crippen MR) is 262 cm³/mol. The van der Waals surface area contributed by atoms with Crippen LogP contribution in [0.1, 0.15) is 12.4 Å². The molecular weight excluding hydrogens is 797 g/mol. The van der Waals surface area contributed by atoms with Crippen molar-refractivity contribution < 1.29 is 11.3 Å². The number of nitrogens with zero attached hydrogens (tertiary/aromatic N) is 6. The van der Waals surface area contributed by atoms with Crippen molar-refractivity contribution in [1.29, 1.82) is 5.26 Å². The molecule has 4 heterocycles. The van der Waals surface area contributed by atoms with Gasteiger partial charge in [-0.3, -0.25) is 0 Å². The molecule has 0 aliphatic heterocycles. The van der Waals surface area contributed by atoms with E-state index in [1.807, 2.05) is 146 Å². The van der Waals surface area contributed by atoms with Gasteiger partial charge in [0.2, 0.25) is 0 Å². The first-order chi connectivity index (χ1) is 34.2. The van der Waals surface area contributed by atoms with Crippen LogP contribution in [-0.2, 0) is 0 Å². The first-order valence-corrected chi connectivity index (χ1v) is 21.2. The highest BCUT2D eigenvalue weighted by Gasteiger charge is 2.23. The lowest BCUT2D eigenvalue weighted by Gasteiger charge is -2.13. The quantitative estimate of drug-likeness (QED) is 0.167. The normalized spacial score (nSPS) is 12.8. The second-order valence-corrected chi connectivity index (χ2v) is 15.9. The van der Waals surface area contributed by atoms with Gasteiger partial charge in [-0.15, -0.1) is 0 Å². The van der Waals surface area contributed by atoms with Crippen LogP contribution in [0.2, 0.25) is 0 Å². The van der Waals surface area contributed by atoms with Crippen LogP contribution in [0.3, 0.4) is 0 Å². The number of furan rings is 1. The van der Waals surface area contributed by atoms with Gasteiger partial charge in [0.05, 0.1) is 40.2 Å². The molecule has 0 spiro atoms. The second-order valence-electron chi connectivity index (χ2n) is 15.9. The smallest absolute Gasteiger partial charge is 0.164 e. The Morgan fingerprint density at radius 3 is 1.85 bits per heavy atom. The van der Waals surface area contributed by atoms with Crippen molar-refractivity contribution in [3.05, 3.63) is 212 Å². The standard InChI is InChI=1S/C58H34N6O/c59-35-41-33-39(26-29-48(41)64-49-23-10-7-20-43(49)45-28-30-51-54(55(45)64)46-22-8-11-24-50(46)63(51)42-18-5-2-6-19-42)57-60-56(38-17-13-16-37(32-38)36-14-3-1-4-15-36)61-58(62-57)40-27-31-53-47(34-40)44-21-9-12-25-52(44)65-53/h1-34H/i2D,5D,6D,18D,19D. The first-order valence-electron chi connectivity index (χ1n) is 23.7. The molecule has 9 aromatic carbocycles. The Morgan fingerprint density at radius 2 is 1.06 bits per heavy atom. The van der Waals surface area contributed by atoms with Gasteiger partial charge in [-0.1, -0.05) is 127 Å². The Labute approximate surface area is 379 Å². The summed E-state index contributed by atoms with van der Waals surface area (Å²) in [7, 11) is 0. The highest BCUT2D eigenvalue weighted by atomic mass is 16.3. The maximum Gasteiger partial charge on any atom is 0.164 e. The fraction of sp³-hybridized carbons (Fsp3) is 0. The van der Waals surface area contributed by atoms with E-state index in [0.29, 0.717) is 45.3 Å². The van der Waals surface area contributed by atoms with Crippen LogP contribution < -0.4 is 0 Å². The Morgan fingerprint density at radius 1 is 0.446 bits per heavy atom. The Bertz CT molecular complexity index is 4370. The van der Waals surface area contributed by atoms with E-state index in [1.54, 1.807) is 4.57 Å². The highest BCUT2D eigenvalue weighted by molar-refractivity contribution is 6.26. The summed E-state index contributed by atoms with van der Waals surface area (Å²) in [6.45, 7) is 0. The average Bonchev–Trinajstić information content (AvgIpc) is 4.07. The fourth-order valence-electron chi connectivity index (χ4n) is 9.41. The molecule has 302 valence electrons. The zero-order valence-corrected chi connectivity index (χ0v) is 34.3. The number of hydrogen-bond donors (Lipinski definition) is 0. The SMILES string of the molecule is [2H]c1c([2H])c([2H])c(-n2c3ccccc3c3c2ccc2c4ccccc4n(-c4ccc(-c5nc(-c6cccc(-c7ccccc7)c6)nc(-c6ccc7oc8ccccc8c7c6)n5)cc4C#N)c23)c([2H])c1[2H]. The summed E-state index contributed by atoms with van der Waals surface area (Å²) < 4.78 is 53.5. The molecule has 0 aliphatic rings. The lowest BCUT2D eigenvalue weighted by Crippen LogP contribution is -2.02. The number of aromatic nitrogens is 5. The third kappa shape index (κ3) is 5.78. The van der Waals surface area contributed by atoms with Gasteiger partial charge < -0.3 is 13.6 Å². The number of fused-ring (bicyclic) bond motifs is 10. The van der Waals surface area contributed by atoms with Gasteiger partial charge in [0.1, 0.15) is 17.2 Å². The summed E-state index contributed by atoms with van der Waals surface area (Å²) in [5.74, 6) is 1.31. The Balaban J connectivity index is 1.04. The molecule has 0 bridgehead atoms. The molecular formula is C58H34N6O. The lowest BCUT2D eigenvalue weighted by atomic mass is 10.0. The third-order valence-electron chi connectivity index (χ3n) is 12.3. The molecule has 4 aromatic heterocycles. The summed E-state index contributed by atoms with van der Waals surface area (Å²) in [6.07, 6.45) is 0. The molecule has 0 unspecified atom stereocenters. The molecule has 0 amide bonds. The van der Waals surface area contributed by atoms with Crippen molar-refractivity contribution in [3.63, 3.8) is 0 Å². The molecule has 0 atom stereocenters. The molecule has 7 heteroatoms. The largest absolute Gasteiger partial charge is 0.456 e. The Hall–Kier alpha value is -9.12. The van der Waals surface area contributed by atoms with E-state index < -0.39 is 18.1 Å². The molecule has 0 aliphatic carbocycles. The summed E-state index contributed by atoms with van der Waals surface area (Å²) in [5.41, 5.74) is 9.84. The fourth-order valence-corrected chi connectivity index (χ4v) is 9.41. The van der Waals surface area contributed by atoms with Crippen LogP contribution in [0.5, 0.6) is 0 Å². The van der Waals surface area contributed by atoms with Gasteiger partial charge in [0.25, 0.3) is 0 Å². The first kappa shape index (κ1) is 31.7. The van der Waals surface area contributed by atoms with Gasteiger partial charge in [-0.2, -0.15) is 5.26 Å². The van der Waals surface area contributed by atoms with Crippen molar-refractivity contribution in [2.45, 2.75) is 0 Å². The van der Waals surface area contributed by atoms with Crippen molar-refractivity contribution in [3.8, 4) is 62.7 Å². The van der Waals surface area contributed by atoms with E-state index in [9.17, 15) is 5.26 Å². The second kappa shape index (κ2) is 14.5. The minimum atomic E-state index is -0.458. The summed E-state index contributed by atoms with van der Waals surface area (Å²) in [5, 5.41) is 16.6. The predicted octanol–water partition coefficient (Wildman–Crippen LogP) is 14.5. The third-order valence-corrected chi connectivity index (χ3v) is 12.3. The van der Waals surface area contributed by atoms with E-state index in [1.165, 1.54) is 0 Å². The van der Waals surface area contributed by atoms with Crippen LogP contribution >= 0.6 is 0 Å². The molecule has 0 fully saturated rings. The zero-order valence-electron chi connectivity index (χ0n) is 39.3. The number of para-hydroxylation sites is 4. The van der Waals surface area contributed by atoms with Crippen LogP contribution in [-0.4, -0.2) is 24.1 Å². The van der Waals surface area contributed by atoms with Gasteiger partial charge in [-0.25, -0.2) is 15.0 Å². The molecule has 0 saturated carbocycles. The molecule has 0 saturated heterocycles. The van der Waals surface area contributed by atoms with Crippen molar-refractivity contribution >= 4 is 65.6 Å². The van der Waals surface area contributed by atoms with Crippen LogP contribution in [0, 0.1) is 11.3 Å². The monoisotopic (exact) mass is 835 g/mol. The van der Waals surface area contributed by atoms with Crippen molar-refractivity contribution in [1.82, 2.24) is 24.1 Å². The highest BCUT2D eigenvalue weighted by Crippen LogP contribution is 2.43. The van der Waals surface area contributed by atoms with Gasteiger partial charge in [0, 0.05) is 54.7 Å². The summed E-state index contributed by atoms with van der Waals surface area (Å²) >= 11 is 0. The maximum absolute atomic E-state index is 11.2. The minimum Gasteiger partial charge on any atom is -0.456 e. The minimum absolute atomic E-state index is 0.0576. The molecule has 7 nitrogen and oxygen atoms in total. The van der Waals surface area contributed by atoms with E-state index in [0.717, 1.165) is 76.8 Å². The molecule has 0 radical (unpaired) electrons. The van der Waals surface area contributed by atoms with E-state index in [2.05, 4.69) is 41.0 Å². The van der Waals surface area contributed by atoms with E-state index >= 15 is 0 Å². The van der Waals surface area contributed by atoms with Crippen LogP contribution in [0.25, 0.3) is 122 Å². The van der Waals surface area contributed by atoms with E-state index in [-0.39, 0.29) is 17.8 Å². The summed E-state index contributed by atoms with van der Waals surface area (Å²) in [6, 6.07) is 58.1. The molecule has 13 rings (SSSR count). The molecule has 65 heavy (non-hydrogen) atoms. The maximum atomic E-state index is 11.2. The zero-order chi connectivity index (χ0) is 47.4. The van der Waals surface area contributed by atoms with E-state index in [4.69, 9.17) is 26.2 Å². The van der Waals surface area contributed by atoms with Gasteiger partial charge >= 0.3 is 0 Å². The number of hydrogen-bond acceptors (Lipinski definition) is 5. The molecule has 13 aromatic rings. The van der Waals surface area contributed by atoms with Crippen molar-refractivity contribution in [2.24, 2.45) is 0 Å². The number of benzene rings is 9. The molecule has 0 N–H and O–H groups in total. The van der Waals surface area contributed by atoms with Crippen molar-refractivity contribution in [2.75, 3.05) is 0 Å². The average molecular weight is 836 g/mol. The summed E-state index contributed by atoms with van der Waals surface area (Å²) in [4.78, 5) is 15.3. The van der Waals surface area contributed by atoms with Crippen LogP contribution in [0.15, 0.2) is 211 Å². The topological polar surface area (TPSA) is 85.5 Å². The Kier molecular flexibility index (Phi) is 7.06. The lowest BCUT2D eigenvalue weighted by molar-refractivity contribution is 0.669. The van der Waals surface area contributed by atoms with Gasteiger partial charge in [0.15, 0.2) is 17.5 Å². The number of nitriles is 1.